The molecule has 1 heterocycles. The number of benzene rings is 1. The third-order valence-electron chi connectivity index (χ3n) is 2.87. The average Bonchev–Trinajstić information content (AvgIpc) is 2.81. The van der Waals surface area contributed by atoms with Gasteiger partial charge in [0.15, 0.2) is 5.82 Å². The van der Waals surface area contributed by atoms with Crippen LogP contribution in [0.15, 0.2) is 18.2 Å². The van der Waals surface area contributed by atoms with Crippen molar-refractivity contribution in [2.45, 2.75) is 12.5 Å². The third kappa shape index (κ3) is 2.87. The zero-order valence-electron chi connectivity index (χ0n) is 11.1. The Balaban J connectivity index is 2.31. The predicted molar refractivity (Wildman–Crippen MR) is 67.3 cm³/mol. The first-order valence-electron chi connectivity index (χ1n) is 5.88. The van der Waals surface area contributed by atoms with Gasteiger partial charge in [0.1, 0.15) is 11.6 Å². The van der Waals surface area contributed by atoms with Crippen molar-refractivity contribution in [3.8, 4) is 5.75 Å². The zero-order chi connectivity index (χ0) is 13.8. The first-order chi connectivity index (χ1) is 9.15. The largest absolute Gasteiger partial charge is 0.496 e. The van der Waals surface area contributed by atoms with Crippen molar-refractivity contribution in [2.75, 3.05) is 14.2 Å². The van der Waals surface area contributed by atoms with Crippen LogP contribution in [0.1, 0.15) is 17.4 Å². The number of aryl methyl sites for hydroxylation is 1. The van der Waals surface area contributed by atoms with Gasteiger partial charge in [-0.1, -0.05) is 6.07 Å². The second-order valence-electron chi connectivity index (χ2n) is 4.10. The van der Waals surface area contributed by atoms with E-state index in [0.29, 0.717) is 23.6 Å². The van der Waals surface area contributed by atoms with Gasteiger partial charge in [-0.3, -0.25) is 0 Å². The molecule has 2 aromatic rings. The van der Waals surface area contributed by atoms with Crippen LogP contribution in [0.2, 0.25) is 0 Å². The smallest absolute Gasteiger partial charge is 0.176 e. The SMILES string of the molecule is CNC(Cc1nnn(C)n1)c1c(F)cccc1OC. The lowest BCUT2D eigenvalue weighted by Gasteiger charge is -2.18. The fourth-order valence-corrected chi connectivity index (χ4v) is 1.97. The number of nitrogens with zero attached hydrogens (tertiary/aromatic N) is 4. The molecule has 0 radical (unpaired) electrons. The molecule has 0 fully saturated rings. The minimum atomic E-state index is -0.317. The molecule has 0 amide bonds. The Morgan fingerprint density at radius 3 is 2.84 bits per heavy atom. The molecule has 0 saturated heterocycles. The fourth-order valence-electron chi connectivity index (χ4n) is 1.97. The number of likely N-dealkylation sites (N-methyl/N-ethyl adjacent to an activating group) is 1. The second-order valence-corrected chi connectivity index (χ2v) is 4.10. The van der Waals surface area contributed by atoms with Gasteiger partial charge in [-0.05, 0) is 24.4 Å². The Bertz CT molecular complexity index is 557. The van der Waals surface area contributed by atoms with Crippen molar-refractivity contribution in [2.24, 2.45) is 7.05 Å². The lowest BCUT2D eigenvalue weighted by atomic mass is 10.0. The van der Waals surface area contributed by atoms with Crippen molar-refractivity contribution >= 4 is 0 Å². The summed E-state index contributed by atoms with van der Waals surface area (Å²) in [6, 6.07) is 4.48. The van der Waals surface area contributed by atoms with Crippen molar-refractivity contribution in [1.82, 2.24) is 25.5 Å². The lowest BCUT2D eigenvalue weighted by molar-refractivity contribution is 0.392. The molecule has 1 aromatic heterocycles. The Labute approximate surface area is 110 Å². The number of hydrogen-bond acceptors (Lipinski definition) is 5. The summed E-state index contributed by atoms with van der Waals surface area (Å²) in [5.41, 5.74) is 0.472. The molecule has 0 aliphatic carbocycles. The van der Waals surface area contributed by atoms with Gasteiger partial charge in [0.2, 0.25) is 0 Å². The summed E-state index contributed by atoms with van der Waals surface area (Å²) in [5, 5.41) is 14.8. The molecule has 0 spiro atoms. The molecule has 0 saturated carbocycles. The maximum atomic E-state index is 14.0. The van der Waals surface area contributed by atoms with E-state index in [1.165, 1.54) is 18.0 Å². The number of aromatic nitrogens is 4. The van der Waals surface area contributed by atoms with Crippen LogP contribution in [-0.4, -0.2) is 34.4 Å². The van der Waals surface area contributed by atoms with Crippen molar-refractivity contribution in [3.05, 3.63) is 35.4 Å². The number of ether oxygens (including phenoxy) is 1. The van der Waals surface area contributed by atoms with E-state index in [4.69, 9.17) is 4.74 Å². The van der Waals surface area contributed by atoms with Crippen molar-refractivity contribution in [1.29, 1.82) is 0 Å². The van der Waals surface area contributed by atoms with E-state index < -0.39 is 0 Å². The topological polar surface area (TPSA) is 64.9 Å². The molecule has 0 aliphatic rings. The zero-order valence-corrected chi connectivity index (χ0v) is 11.1. The summed E-state index contributed by atoms with van der Waals surface area (Å²) < 4.78 is 19.2. The predicted octanol–water partition coefficient (Wildman–Crippen LogP) is 0.861. The van der Waals surface area contributed by atoms with Crippen molar-refractivity contribution in [3.63, 3.8) is 0 Å². The Kier molecular flexibility index (Phi) is 4.06. The van der Waals surface area contributed by atoms with Gasteiger partial charge in [0, 0.05) is 18.0 Å². The Morgan fingerprint density at radius 2 is 2.26 bits per heavy atom. The van der Waals surface area contributed by atoms with Crippen molar-refractivity contribution < 1.29 is 9.13 Å². The van der Waals surface area contributed by atoms with E-state index in [1.54, 1.807) is 26.2 Å². The van der Waals surface area contributed by atoms with Gasteiger partial charge >= 0.3 is 0 Å². The molecular formula is C12H16FN5O. The monoisotopic (exact) mass is 265 g/mol. The maximum Gasteiger partial charge on any atom is 0.176 e. The first-order valence-corrected chi connectivity index (χ1v) is 5.88. The quantitative estimate of drug-likeness (QED) is 0.868. The fraction of sp³-hybridized carbons (Fsp3) is 0.417. The highest BCUT2D eigenvalue weighted by Gasteiger charge is 2.21. The van der Waals surface area contributed by atoms with E-state index >= 15 is 0 Å². The second kappa shape index (κ2) is 5.75. The van der Waals surface area contributed by atoms with Crippen LogP contribution in [-0.2, 0) is 13.5 Å². The van der Waals surface area contributed by atoms with Gasteiger partial charge in [0.25, 0.3) is 0 Å². The number of methoxy groups -OCH3 is 1. The van der Waals surface area contributed by atoms with Crippen LogP contribution in [0.3, 0.4) is 0 Å². The summed E-state index contributed by atoms with van der Waals surface area (Å²) in [6.07, 6.45) is 0.432. The highest BCUT2D eigenvalue weighted by molar-refractivity contribution is 5.37. The minimum Gasteiger partial charge on any atom is -0.496 e. The van der Waals surface area contributed by atoms with E-state index in [1.807, 2.05) is 0 Å². The van der Waals surface area contributed by atoms with Gasteiger partial charge in [-0.2, -0.15) is 4.80 Å². The van der Waals surface area contributed by atoms with Crippen LogP contribution in [0.25, 0.3) is 0 Å². The Morgan fingerprint density at radius 1 is 1.47 bits per heavy atom. The number of halogens is 1. The number of hydrogen-bond donors (Lipinski definition) is 1. The van der Waals surface area contributed by atoms with Crippen LogP contribution in [0.4, 0.5) is 4.39 Å². The summed E-state index contributed by atoms with van der Waals surface area (Å²) >= 11 is 0. The molecule has 6 nitrogen and oxygen atoms in total. The standard InChI is InChI=1S/C12H16FN5O/c1-14-9(7-11-15-17-18(2)16-11)12-8(13)5-4-6-10(12)19-3/h4-6,9,14H,7H2,1-3H3. The van der Waals surface area contributed by atoms with E-state index in [-0.39, 0.29) is 11.9 Å². The molecule has 0 aliphatic heterocycles. The number of nitrogens with one attached hydrogen (secondary N) is 1. The number of rotatable bonds is 5. The summed E-state index contributed by atoms with van der Waals surface area (Å²) in [4.78, 5) is 1.38. The van der Waals surface area contributed by atoms with E-state index in [2.05, 4.69) is 20.7 Å². The molecule has 19 heavy (non-hydrogen) atoms. The van der Waals surface area contributed by atoms with Crippen LogP contribution < -0.4 is 10.1 Å². The highest BCUT2D eigenvalue weighted by atomic mass is 19.1. The molecule has 2 rings (SSSR count). The molecule has 0 bridgehead atoms. The molecule has 1 aromatic carbocycles. The molecule has 1 N–H and O–H groups in total. The number of tetrazole rings is 1. The third-order valence-corrected chi connectivity index (χ3v) is 2.87. The van der Waals surface area contributed by atoms with Crippen LogP contribution >= 0.6 is 0 Å². The van der Waals surface area contributed by atoms with Crippen LogP contribution in [0, 0.1) is 5.82 Å². The van der Waals surface area contributed by atoms with E-state index in [0.717, 1.165) is 0 Å². The minimum absolute atomic E-state index is 0.277. The first kappa shape index (κ1) is 13.4. The highest BCUT2D eigenvalue weighted by Crippen LogP contribution is 2.29. The summed E-state index contributed by atoms with van der Waals surface area (Å²) in [7, 11) is 4.97. The van der Waals surface area contributed by atoms with Gasteiger partial charge in [0.05, 0.1) is 14.2 Å². The summed E-state index contributed by atoms with van der Waals surface area (Å²) in [6.45, 7) is 0. The van der Waals surface area contributed by atoms with Gasteiger partial charge in [-0.15, -0.1) is 10.2 Å². The van der Waals surface area contributed by atoms with Gasteiger partial charge in [-0.25, -0.2) is 4.39 Å². The molecular weight excluding hydrogens is 249 g/mol. The lowest BCUT2D eigenvalue weighted by Crippen LogP contribution is -2.21. The van der Waals surface area contributed by atoms with Gasteiger partial charge < -0.3 is 10.1 Å². The average molecular weight is 265 g/mol. The van der Waals surface area contributed by atoms with Crippen LogP contribution in [0.5, 0.6) is 5.75 Å². The van der Waals surface area contributed by atoms with E-state index in [9.17, 15) is 4.39 Å². The molecule has 1 atom stereocenters. The molecule has 102 valence electrons. The summed E-state index contributed by atoms with van der Waals surface area (Å²) in [5.74, 6) is 0.734. The maximum absolute atomic E-state index is 14.0. The molecule has 1 unspecified atom stereocenters. The molecule has 7 heteroatoms. The normalized spacial score (nSPS) is 12.4. The Hall–Kier alpha value is -2.02.